The molecule has 0 spiro atoms. The lowest BCUT2D eigenvalue weighted by Gasteiger charge is -2.51. The number of ether oxygens (including phenoxy) is 4. The highest BCUT2D eigenvalue weighted by Crippen LogP contribution is 2.45. The molecule has 29 heavy (non-hydrogen) atoms. The van der Waals surface area contributed by atoms with Crippen LogP contribution in [0.15, 0.2) is 0 Å². The van der Waals surface area contributed by atoms with Crippen LogP contribution >= 0.6 is 46.4 Å². The molecule has 0 rings (SSSR count). The van der Waals surface area contributed by atoms with Gasteiger partial charge in [-0.3, -0.25) is 0 Å². The van der Waals surface area contributed by atoms with E-state index in [0.717, 1.165) is 12.8 Å². The van der Waals surface area contributed by atoms with Crippen molar-refractivity contribution in [2.75, 3.05) is 44.1 Å². The summed E-state index contributed by atoms with van der Waals surface area (Å²) in [6, 6.07) is 0. The van der Waals surface area contributed by atoms with E-state index >= 15 is 0 Å². The SMILES string of the molecule is CCCCOC(Cl)([Si](C)C)C(C)(OCCCl)C(C(O)OCCCl)C(O)OCCCl. The first-order valence-corrected chi connectivity index (χ1v) is 14.2. The van der Waals surface area contributed by atoms with Gasteiger partial charge >= 0.3 is 0 Å². The second-order valence-corrected chi connectivity index (χ2v) is 11.6. The number of aliphatic hydroxyl groups excluding tert-OH is 2. The van der Waals surface area contributed by atoms with Crippen LogP contribution in [0.3, 0.4) is 0 Å². The van der Waals surface area contributed by atoms with E-state index in [0.29, 0.717) is 6.61 Å². The molecule has 1 radical (unpaired) electrons. The summed E-state index contributed by atoms with van der Waals surface area (Å²) in [5.74, 6) is -0.595. The summed E-state index contributed by atoms with van der Waals surface area (Å²) >= 11 is 24.3. The summed E-state index contributed by atoms with van der Waals surface area (Å²) in [6.45, 7) is 8.33. The van der Waals surface area contributed by atoms with Crippen molar-refractivity contribution in [3.05, 3.63) is 0 Å². The predicted octanol–water partition coefficient (Wildman–Crippen LogP) is 3.81. The van der Waals surface area contributed by atoms with Gasteiger partial charge < -0.3 is 29.2 Å². The van der Waals surface area contributed by atoms with Crippen molar-refractivity contribution in [2.45, 2.75) is 62.6 Å². The van der Waals surface area contributed by atoms with Crippen LogP contribution in [0.25, 0.3) is 0 Å². The first-order chi connectivity index (χ1) is 13.7. The number of aliphatic hydroxyl groups is 2. The third-order valence-electron chi connectivity index (χ3n) is 4.54. The topological polar surface area (TPSA) is 77.4 Å². The number of rotatable bonds is 18. The number of alkyl halides is 4. The fourth-order valence-corrected chi connectivity index (χ4v) is 5.15. The van der Waals surface area contributed by atoms with Crippen LogP contribution in [0.4, 0.5) is 0 Å². The Kier molecular flexibility index (Phi) is 16.5. The van der Waals surface area contributed by atoms with Crippen LogP contribution in [-0.4, -0.2) is 85.9 Å². The number of unbranched alkanes of at least 4 members (excludes halogenated alkanes) is 1. The molecule has 0 heterocycles. The Morgan fingerprint density at radius 3 is 1.72 bits per heavy atom. The molecule has 0 saturated heterocycles. The molecule has 0 fully saturated rings. The summed E-state index contributed by atoms with van der Waals surface area (Å²) in [6.07, 6.45) is -1.23. The predicted molar refractivity (Wildman–Crippen MR) is 121 cm³/mol. The highest BCUT2D eigenvalue weighted by atomic mass is 35.5. The molecule has 0 aromatic rings. The van der Waals surface area contributed by atoms with Crippen LogP contribution in [0, 0.1) is 5.92 Å². The van der Waals surface area contributed by atoms with Gasteiger partial charge in [0, 0.05) is 24.2 Å². The van der Waals surface area contributed by atoms with E-state index in [-0.39, 0.29) is 37.5 Å². The van der Waals surface area contributed by atoms with Gasteiger partial charge in [0.15, 0.2) is 17.3 Å². The highest BCUT2D eigenvalue weighted by Gasteiger charge is 2.60. The molecule has 0 aliphatic carbocycles. The normalized spacial score (nSPS) is 19.6. The van der Waals surface area contributed by atoms with E-state index in [4.69, 9.17) is 65.4 Å². The maximum Gasteiger partial charge on any atom is 0.165 e. The van der Waals surface area contributed by atoms with Crippen molar-refractivity contribution in [3.8, 4) is 0 Å². The van der Waals surface area contributed by atoms with Crippen LogP contribution in [0.1, 0.15) is 26.7 Å². The summed E-state index contributed by atoms with van der Waals surface area (Å²) in [4.78, 5) is 0. The summed E-state index contributed by atoms with van der Waals surface area (Å²) < 4.78 is 21.7. The van der Waals surface area contributed by atoms with Gasteiger partial charge in [-0.05, 0) is 13.3 Å². The quantitative estimate of drug-likeness (QED) is 0.125. The Hall–Kier alpha value is 1.14. The smallest absolute Gasteiger partial charge is 0.165 e. The van der Waals surface area contributed by atoms with Gasteiger partial charge in [0.2, 0.25) is 0 Å². The van der Waals surface area contributed by atoms with Crippen LogP contribution < -0.4 is 0 Å². The average molecular weight is 517 g/mol. The molecule has 175 valence electrons. The first kappa shape index (κ1) is 30.1. The van der Waals surface area contributed by atoms with Crippen molar-refractivity contribution in [1.82, 2.24) is 0 Å². The molecule has 0 aliphatic rings. The lowest BCUT2D eigenvalue weighted by atomic mass is 9.87. The number of halogens is 4. The van der Waals surface area contributed by atoms with Gasteiger partial charge in [0.05, 0.1) is 25.7 Å². The van der Waals surface area contributed by atoms with Crippen LogP contribution in [-0.2, 0) is 18.9 Å². The largest absolute Gasteiger partial charge is 0.369 e. The molecule has 0 saturated carbocycles. The monoisotopic (exact) mass is 515 g/mol. The van der Waals surface area contributed by atoms with Gasteiger partial charge in [-0.25, -0.2) is 0 Å². The van der Waals surface area contributed by atoms with Crippen molar-refractivity contribution in [1.29, 1.82) is 0 Å². The van der Waals surface area contributed by atoms with Gasteiger partial charge in [0.25, 0.3) is 0 Å². The van der Waals surface area contributed by atoms with Crippen molar-refractivity contribution in [3.63, 3.8) is 0 Å². The van der Waals surface area contributed by atoms with Crippen LogP contribution in [0.5, 0.6) is 0 Å². The number of hydrogen-bond acceptors (Lipinski definition) is 6. The molecule has 0 aromatic heterocycles. The van der Waals surface area contributed by atoms with Gasteiger partial charge in [0.1, 0.15) is 14.4 Å². The zero-order chi connectivity index (χ0) is 22.5. The minimum Gasteiger partial charge on any atom is -0.369 e. The standard InChI is InChI=1S/C18H35Cl4O6Si/c1-5-6-10-28-18(22,29(3)4)17(2,27-13-9-21)14(15(23)25-11-7-19)16(24)26-12-8-20/h14-16,23-24H,5-13H2,1-4H3. The molecule has 6 nitrogen and oxygen atoms in total. The fourth-order valence-electron chi connectivity index (χ4n) is 3.02. The van der Waals surface area contributed by atoms with E-state index in [2.05, 4.69) is 0 Å². The highest BCUT2D eigenvalue weighted by molar-refractivity contribution is 6.70. The minimum absolute atomic E-state index is 0.0646. The lowest BCUT2D eigenvalue weighted by Crippen LogP contribution is -2.67. The molecular formula is C18H35Cl4O6Si. The molecule has 0 amide bonds. The Morgan fingerprint density at radius 2 is 1.34 bits per heavy atom. The molecule has 0 bridgehead atoms. The molecule has 0 aromatic carbocycles. The molecule has 2 N–H and O–H groups in total. The van der Waals surface area contributed by atoms with E-state index in [9.17, 15) is 10.2 Å². The Morgan fingerprint density at radius 1 is 0.862 bits per heavy atom. The maximum absolute atomic E-state index is 10.8. The zero-order valence-electron chi connectivity index (χ0n) is 17.6. The third-order valence-corrected chi connectivity index (χ3v) is 8.55. The van der Waals surface area contributed by atoms with Crippen LogP contribution in [0.2, 0.25) is 13.1 Å². The average Bonchev–Trinajstić information content (AvgIpc) is 2.68. The zero-order valence-corrected chi connectivity index (χ0v) is 21.7. The fraction of sp³-hybridized carbons (Fsp3) is 1.00. The number of hydrogen-bond donors (Lipinski definition) is 2. The first-order valence-electron chi connectivity index (χ1n) is 9.70. The van der Waals surface area contributed by atoms with Crippen molar-refractivity contribution < 1.29 is 29.2 Å². The molecule has 4 atom stereocenters. The second-order valence-electron chi connectivity index (χ2n) is 6.87. The Bertz CT molecular complexity index is 412. The molecular weight excluding hydrogens is 482 g/mol. The molecule has 11 heteroatoms. The van der Waals surface area contributed by atoms with Gasteiger partial charge in [-0.15, -0.1) is 34.8 Å². The molecule has 4 unspecified atom stereocenters. The molecule has 0 aliphatic heterocycles. The van der Waals surface area contributed by atoms with E-state index in [1.807, 2.05) is 20.0 Å². The van der Waals surface area contributed by atoms with E-state index in [1.165, 1.54) is 0 Å². The van der Waals surface area contributed by atoms with Gasteiger partial charge in [-0.2, -0.15) is 0 Å². The van der Waals surface area contributed by atoms with E-state index < -0.39 is 37.6 Å². The third kappa shape index (κ3) is 8.89. The summed E-state index contributed by atoms with van der Waals surface area (Å²) in [5, 5.41) is 21.6. The van der Waals surface area contributed by atoms with Crippen molar-refractivity contribution >= 4 is 55.2 Å². The Labute approximate surface area is 196 Å². The summed E-state index contributed by atoms with van der Waals surface area (Å²) in [5.41, 5.74) is -1.40. The van der Waals surface area contributed by atoms with E-state index in [1.54, 1.807) is 6.92 Å². The van der Waals surface area contributed by atoms with Gasteiger partial charge in [-0.1, -0.05) is 38.0 Å². The second kappa shape index (κ2) is 15.9. The lowest BCUT2D eigenvalue weighted by molar-refractivity contribution is -0.287. The maximum atomic E-state index is 10.8. The minimum atomic E-state index is -1.48. The van der Waals surface area contributed by atoms with Crippen molar-refractivity contribution in [2.24, 2.45) is 5.92 Å². The summed E-state index contributed by atoms with van der Waals surface area (Å²) in [7, 11) is -1.40. The Balaban J connectivity index is 6.18.